The number of rotatable bonds is 2. The van der Waals surface area contributed by atoms with Crippen LogP contribution in [0.15, 0.2) is 22.7 Å². The normalized spacial score (nSPS) is 21.4. The summed E-state index contributed by atoms with van der Waals surface area (Å²) in [5.41, 5.74) is 2.67. The van der Waals surface area contributed by atoms with Crippen LogP contribution in [-0.2, 0) is 0 Å². The monoisotopic (exact) mass is 296 g/mol. The molecule has 1 saturated heterocycles. The van der Waals surface area contributed by atoms with E-state index in [0.717, 1.165) is 19.6 Å². The number of nitrogens with one attached hydrogen (secondary N) is 1. The quantitative estimate of drug-likeness (QED) is 0.900. The van der Waals surface area contributed by atoms with Crippen molar-refractivity contribution in [1.82, 2.24) is 5.32 Å². The van der Waals surface area contributed by atoms with E-state index in [0.29, 0.717) is 6.04 Å². The smallest absolute Gasteiger partial charge is 0.0370 e. The van der Waals surface area contributed by atoms with E-state index in [1.807, 2.05) is 0 Å². The van der Waals surface area contributed by atoms with Crippen LogP contribution in [-0.4, -0.2) is 25.7 Å². The highest BCUT2D eigenvalue weighted by molar-refractivity contribution is 9.10. The lowest BCUT2D eigenvalue weighted by molar-refractivity contribution is 0.528. The van der Waals surface area contributed by atoms with Gasteiger partial charge in [-0.25, -0.2) is 0 Å². The molecular formula is C14H21BrN2. The summed E-state index contributed by atoms with van der Waals surface area (Å²) < 4.78 is 1.20. The minimum atomic E-state index is 0.626. The van der Waals surface area contributed by atoms with Crippen LogP contribution in [0.2, 0.25) is 0 Å². The molecule has 2 rings (SSSR count). The zero-order valence-electron chi connectivity index (χ0n) is 10.7. The predicted molar refractivity (Wildman–Crippen MR) is 77.8 cm³/mol. The maximum absolute atomic E-state index is 3.61. The molecule has 2 nitrogen and oxygen atoms in total. The zero-order chi connectivity index (χ0) is 12.3. The van der Waals surface area contributed by atoms with Gasteiger partial charge in [0.2, 0.25) is 0 Å². The Hall–Kier alpha value is -0.540. The van der Waals surface area contributed by atoms with Crippen molar-refractivity contribution in [2.75, 3.05) is 24.5 Å². The van der Waals surface area contributed by atoms with Crippen molar-refractivity contribution in [3.05, 3.63) is 28.2 Å². The lowest BCUT2D eigenvalue weighted by Gasteiger charge is -2.26. The molecule has 0 radical (unpaired) electrons. The fourth-order valence-electron chi connectivity index (χ4n) is 2.33. The second-order valence-electron chi connectivity index (χ2n) is 4.79. The predicted octanol–water partition coefficient (Wildman–Crippen LogP) is 3.34. The highest BCUT2D eigenvalue weighted by Gasteiger charge is 2.16. The largest absolute Gasteiger partial charge is 0.370 e. The molecule has 1 unspecified atom stereocenters. The van der Waals surface area contributed by atoms with Crippen LogP contribution in [0.5, 0.6) is 0 Å². The summed E-state index contributed by atoms with van der Waals surface area (Å²) in [5.74, 6) is 0. The number of anilines is 1. The molecule has 1 heterocycles. The molecule has 0 aromatic heterocycles. The van der Waals surface area contributed by atoms with Gasteiger partial charge in [-0.05, 0) is 50.1 Å². The van der Waals surface area contributed by atoms with E-state index in [1.54, 1.807) is 0 Å². The van der Waals surface area contributed by atoms with Crippen LogP contribution >= 0.6 is 15.9 Å². The van der Waals surface area contributed by atoms with Crippen molar-refractivity contribution in [1.29, 1.82) is 0 Å². The van der Waals surface area contributed by atoms with E-state index in [1.165, 1.54) is 28.6 Å². The standard InChI is InChI=1S/C14H21BrN2/c1-3-12-10-17(8-4-7-16-12)13-5-6-14(15)11(2)9-13/h5-6,9,12,16H,3-4,7-8,10H2,1-2H3. The van der Waals surface area contributed by atoms with Gasteiger partial charge in [0.05, 0.1) is 0 Å². The van der Waals surface area contributed by atoms with Crippen LogP contribution in [0.4, 0.5) is 5.69 Å². The highest BCUT2D eigenvalue weighted by atomic mass is 79.9. The van der Waals surface area contributed by atoms with Crippen LogP contribution in [0.3, 0.4) is 0 Å². The second kappa shape index (κ2) is 5.87. The van der Waals surface area contributed by atoms with E-state index < -0.39 is 0 Å². The number of benzene rings is 1. The lowest BCUT2D eigenvalue weighted by atomic mass is 10.1. The molecule has 1 aromatic carbocycles. The Bertz CT molecular complexity index is 378. The number of hydrogen-bond donors (Lipinski definition) is 1. The zero-order valence-corrected chi connectivity index (χ0v) is 12.3. The van der Waals surface area contributed by atoms with Gasteiger partial charge in [0.1, 0.15) is 0 Å². The first-order valence-corrected chi connectivity index (χ1v) is 7.24. The Kier molecular flexibility index (Phi) is 4.46. The van der Waals surface area contributed by atoms with E-state index in [2.05, 4.69) is 58.2 Å². The van der Waals surface area contributed by atoms with Crippen molar-refractivity contribution in [2.24, 2.45) is 0 Å². The van der Waals surface area contributed by atoms with Crippen molar-refractivity contribution in [2.45, 2.75) is 32.7 Å². The third kappa shape index (κ3) is 3.23. The maximum Gasteiger partial charge on any atom is 0.0370 e. The summed E-state index contributed by atoms with van der Waals surface area (Å²) in [7, 11) is 0. The number of aryl methyl sites for hydroxylation is 1. The number of hydrogen-bond acceptors (Lipinski definition) is 2. The highest BCUT2D eigenvalue weighted by Crippen LogP contribution is 2.24. The summed E-state index contributed by atoms with van der Waals surface area (Å²) >= 11 is 3.56. The molecule has 17 heavy (non-hydrogen) atoms. The van der Waals surface area contributed by atoms with Gasteiger partial charge in [0, 0.05) is 29.3 Å². The van der Waals surface area contributed by atoms with Crippen LogP contribution in [0.25, 0.3) is 0 Å². The Balaban J connectivity index is 2.16. The van der Waals surface area contributed by atoms with Gasteiger partial charge in [-0.2, -0.15) is 0 Å². The van der Waals surface area contributed by atoms with Gasteiger partial charge in [0.25, 0.3) is 0 Å². The first-order chi connectivity index (χ1) is 8.20. The Morgan fingerprint density at radius 2 is 2.29 bits per heavy atom. The first kappa shape index (κ1) is 12.9. The molecular weight excluding hydrogens is 276 g/mol. The van der Waals surface area contributed by atoms with E-state index >= 15 is 0 Å². The molecule has 0 bridgehead atoms. The molecule has 1 aliphatic rings. The van der Waals surface area contributed by atoms with Gasteiger partial charge >= 0.3 is 0 Å². The molecule has 0 aliphatic carbocycles. The van der Waals surface area contributed by atoms with Gasteiger partial charge < -0.3 is 10.2 Å². The molecule has 1 fully saturated rings. The fourth-order valence-corrected chi connectivity index (χ4v) is 2.58. The van der Waals surface area contributed by atoms with Gasteiger partial charge in [-0.15, -0.1) is 0 Å². The lowest BCUT2D eigenvalue weighted by Crippen LogP contribution is -2.37. The Morgan fingerprint density at radius 1 is 1.47 bits per heavy atom. The van der Waals surface area contributed by atoms with Crippen molar-refractivity contribution < 1.29 is 0 Å². The SMILES string of the molecule is CCC1CN(c2ccc(Br)c(C)c2)CCCN1. The molecule has 1 aromatic rings. The van der Waals surface area contributed by atoms with Crippen molar-refractivity contribution in [3.63, 3.8) is 0 Å². The topological polar surface area (TPSA) is 15.3 Å². The Labute approximate surface area is 113 Å². The molecule has 1 N–H and O–H groups in total. The van der Waals surface area contributed by atoms with Crippen molar-refractivity contribution >= 4 is 21.6 Å². The minimum Gasteiger partial charge on any atom is -0.370 e. The van der Waals surface area contributed by atoms with Crippen LogP contribution in [0.1, 0.15) is 25.3 Å². The molecule has 94 valence electrons. The van der Waals surface area contributed by atoms with Gasteiger partial charge in [-0.1, -0.05) is 22.9 Å². The van der Waals surface area contributed by atoms with Gasteiger partial charge in [0.15, 0.2) is 0 Å². The fraction of sp³-hybridized carbons (Fsp3) is 0.571. The summed E-state index contributed by atoms with van der Waals surface area (Å²) in [5, 5.41) is 3.61. The Morgan fingerprint density at radius 3 is 3.00 bits per heavy atom. The van der Waals surface area contributed by atoms with Crippen LogP contribution in [0, 0.1) is 6.92 Å². The molecule has 0 spiro atoms. The minimum absolute atomic E-state index is 0.626. The average molecular weight is 297 g/mol. The van der Waals surface area contributed by atoms with E-state index in [9.17, 15) is 0 Å². The van der Waals surface area contributed by atoms with E-state index in [-0.39, 0.29) is 0 Å². The third-order valence-electron chi connectivity index (χ3n) is 3.48. The summed E-state index contributed by atoms with van der Waals surface area (Å²) in [6.45, 7) is 7.83. The second-order valence-corrected chi connectivity index (χ2v) is 5.65. The molecule has 0 amide bonds. The molecule has 0 saturated carbocycles. The average Bonchev–Trinajstić information content (AvgIpc) is 2.58. The first-order valence-electron chi connectivity index (χ1n) is 6.45. The van der Waals surface area contributed by atoms with Crippen LogP contribution < -0.4 is 10.2 Å². The number of nitrogens with zero attached hydrogens (tertiary/aromatic N) is 1. The number of halogens is 1. The molecule has 1 aliphatic heterocycles. The summed E-state index contributed by atoms with van der Waals surface area (Å²) in [6.07, 6.45) is 2.43. The van der Waals surface area contributed by atoms with E-state index in [4.69, 9.17) is 0 Å². The van der Waals surface area contributed by atoms with Crippen molar-refractivity contribution in [3.8, 4) is 0 Å². The van der Waals surface area contributed by atoms with Gasteiger partial charge in [-0.3, -0.25) is 0 Å². The third-order valence-corrected chi connectivity index (χ3v) is 4.37. The summed E-state index contributed by atoms with van der Waals surface area (Å²) in [6, 6.07) is 7.28. The molecule has 3 heteroatoms. The summed E-state index contributed by atoms with van der Waals surface area (Å²) in [4.78, 5) is 2.51. The maximum atomic E-state index is 3.61. The molecule has 1 atom stereocenters.